The van der Waals surface area contributed by atoms with E-state index < -0.39 is 0 Å². The van der Waals surface area contributed by atoms with Crippen LogP contribution in [0.15, 0.2) is 58.5 Å². The fourth-order valence-corrected chi connectivity index (χ4v) is 2.90. The molecule has 0 bridgehead atoms. The van der Waals surface area contributed by atoms with Gasteiger partial charge in [-0.05, 0) is 49.6 Å². The van der Waals surface area contributed by atoms with Gasteiger partial charge in [-0.2, -0.15) is 0 Å². The summed E-state index contributed by atoms with van der Waals surface area (Å²) in [5, 5.41) is 1.29. The minimum absolute atomic E-state index is 0.0564. The van der Waals surface area contributed by atoms with Gasteiger partial charge in [0.05, 0.1) is 23.2 Å². The zero-order valence-corrected chi connectivity index (χ0v) is 13.3. The minimum Gasteiger partial charge on any atom is -0.494 e. The Balaban J connectivity index is 2.20. The Morgan fingerprint density at radius 2 is 1.86 bits per heavy atom. The van der Waals surface area contributed by atoms with Crippen molar-refractivity contribution in [3.05, 3.63) is 58.9 Å². The predicted octanol–water partition coefficient (Wildman–Crippen LogP) is 3.51. The summed E-state index contributed by atoms with van der Waals surface area (Å²) in [5.74, 6) is 0.791. The van der Waals surface area contributed by atoms with E-state index in [2.05, 4.69) is 4.98 Å². The fourth-order valence-electron chi connectivity index (χ4n) is 2.34. The molecule has 112 valence electrons. The van der Waals surface area contributed by atoms with Gasteiger partial charge >= 0.3 is 0 Å². The van der Waals surface area contributed by atoms with Crippen molar-refractivity contribution in [1.82, 2.24) is 9.55 Å². The van der Waals surface area contributed by atoms with E-state index in [0.717, 1.165) is 17.0 Å². The zero-order chi connectivity index (χ0) is 15.5. The molecular weight excluding hydrogens is 296 g/mol. The molecule has 0 saturated carbocycles. The maximum Gasteiger partial charge on any atom is 0.266 e. The van der Waals surface area contributed by atoms with Gasteiger partial charge in [-0.1, -0.05) is 23.9 Å². The largest absolute Gasteiger partial charge is 0.494 e. The second-order valence-electron chi connectivity index (χ2n) is 4.68. The van der Waals surface area contributed by atoms with Crippen LogP contribution < -0.4 is 10.3 Å². The van der Waals surface area contributed by atoms with Crippen LogP contribution in [0.5, 0.6) is 5.75 Å². The molecule has 0 saturated heterocycles. The summed E-state index contributed by atoms with van der Waals surface area (Å²) in [6, 6.07) is 14.9. The third kappa shape index (κ3) is 2.60. The van der Waals surface area contributed by atoms with Gasteiger partial charge in [0, 0.05) is 0 Å². The van der Waals surface area contributed by atoms with Gasteiger partial charge in [0.25, 0.3) is 5.56 Å². The Morgan fingerprint density at radius 1 is 1.14 bits per heavy atom. The standard InChI is InChI=1S/C17H16N2O2S/c1-3-21-13-10-8-12(9-11-13)19-16(20)14-6-4-5-7-15(14)18-17(19)22-2/h4-11H,3H2,1-2H3. The van der Waals surface area contributed by atoms with Crippen LogP contribution in [0.1, 0.15) is 6.92 Å². The number of benzene rings is 2. The van der Waals surface area contributed by atoms with Crippen LogP contribution in [0.25, 0.3) is 16.6 Å². The first kappa shape index (κ1) is 14.7. The lowest BCUT2D eigenvalue weighted by Crippen LogP contribution is -2.21. The highest BCUT2D eigenvalue weighted by Crippen LogP contribution is 2.21. The van der Waals surface area contributed by atoms with Crippen LogP contribution in [-0.2, 0) is 0 Å². The SMILES string of the molecule is CCOc1ccc(-n2c(SC)nc3ccccc3c2=O)cc1. The van der Waals surface area contributed by atoms with Crippen LogP contribution >= 0.6 is 11.8 Å². The number of hydrogen-bond acceptors (Lipinski definition) is 4. The van der Waals surface area contributed by atoms with Crippen molar-refractivity contribution in [3.63, 3.8) is 0 Å². The lowest BCUT2D eigenvalue weighted by molar-refractivity contribution is 0.340. The quantitative estimate of drug-likeness (QED) is 0.546. The molecule has 0 radical (unpaired) electrons. The Kier molecular flexibility index (Phi) is 4.15. The van der Waals surface area contributed by atoms with Gasteiger partial charge in [0.2, 0.25) is 0 Å². The van der Waals surface area contributed by atoms with Crippen molar-refractivity contribution < 1.29 is 4.74 Å². The third-order valence-electron chi connectivity index (χ3n) is 3.33. The third-order valence-corrected chi connectivity index (χ3v) is 3.97. The van der Waals surface area contributed by atoms with E-state index in [1.54, 1.807) is 10.6 Å². The van der Waals surface area contributed by atoms with Gasteiger partial charge < -0.3 is 4.74 Å². The molecule has 2 aromatic carbocycles. The molecule has 1 heterocycles. The van der Waals surface area contributed by atoms with Gasteiger partial charge in [-0.3, -0.25) is 9.36 Å². The van der Waals surface area contributed by atoms with E-state index in [0.29, 0.717) is 17.1 Å². The van der Waals surface area contributed by atoms with E-state index >= 15 is 0 Å². The monoisotopic (exact) mass is 312 g/mol. The average molecular weight is 312 g/mol. The molecule has 5 heteroatoms. The molecule has 3 rings (SSSR count). The van der Waals surface area contributed by atoms with Crippen molar-refractivity contribution in [3.8, 4) is 11.4 Å². The average Bonchev–Trinajstić information content (AvgIpc) is 2.56. The molecule has 0 N–H and O–H groups in total. The number of para-hydroxylation sites is 1. The molecule has 0 aliphatic heterocycles. The van der Waals surface area contributed by atoms with Crippen molar-refractivity contribution in [2.75, 3.05) is 12.9 Å². The Bertz CT molecular complexity index is 857. The molecule has 22 heavy (non-hydrogen) atoms. The van der Waals surface area contributed by atoms with Crippen molar-refractivity contribution in [2.24, 2.45) is 0 Å². The second-order valence-corrected chi connectivity index (χ2v) is 5.46. The molecule has 0 amide bonds. The lowest BCUT2D eigenvalue weighted by atomic mass is 10.2. The van der Waals surface area contributed by atoms with Crippen LogP contribution in [0, 0.1) is 0 Å². The summed E-state index contributed by atoms with van der Waals surface area (Å²) in [6.45, 7) is 2.56. The summed E-state index contributed by atoms with van der Waals surface area (Å²) in [4.78, 5) is 17.4. The first-order valence-corrected chi connectivity index (χ1v) is 8.26. The molecule has 0 spiro atoms. The number of thioether (sulfide) groups is 1. The van der Waals surface area contributed by atoms with E-state index in [1.165, 1.54) is 11.8 Å². The molecule has 4 nitrogen and oxygen atoms in total. The number of fused-ring (bicyclic) bond motifs is 1. The molecule has 3 aromatic rings. The highest BCUT2D eigenvalue weighted by Gasteiger charge is 2.11. The normalized spacial score (nSPS) is 10.8. The Morgan fingerprint density at radius 3 is 2.55 bits per heavy atom. The predicted molar refractivity (Wildman–Crippen MR) is 90.3 cm³/mol. The molecular formula is C17H16N2O2S. The molecule has 1 aromatic heterocycles. The summed E-state index contributed by atoms with van der Waals surface area (Å²) in [5.41, 5.74) is 1.45. The van der Waals surface area contributed by atoms with E-state index in [-0.39, 0.29) is 5.56 Å². The minimum atomic E-state index is -0.0564. The summed E-state index contributed by atoms with van der Waals surface area (Å²) >= 11 is 1.45. The molecule has 0 fully saturated rings. The van der Waals surface area contributed by atoms with Crippen LogP contribution in [-0.4, -0.2) is 22.4 Å². The van der Waals surface area contributed by atoms with E-state index in [1.807, 2.05) is 55.6 Å². The molecule has 0 aliphatic rings. The fraction of sp³-hybridized carbons (Fsp3) is 0.176. The number of ether oxygens (including phenoxy) is 1. The summed E-state index contributed by atoms with van der Waals surface area (Å²) in [7, 11) is 0. The van der Waals surface area contributed by atoms with E-state index in [9.17, 15) is 4.79 Å². The smallest absolute Gasteiger partial charge is 0.266 e. The number of rotatable bonds is 4. The lowest BCUT2D eigenvalue weighted by Gasteiger charge is -2.12. The van der Waals surface area contributed by atoms with Crippen molar-refractivity contribution >= 4 is 22.7 Å². The van der Waals surface area contributed by atoms with Gasteiger partial charge in [-0.25, -0.2) is 4.98 Å². The highest BCUT2D eigenvalue weighted by atomic mass is 32.2. The van der Waals surface area contributed by atoms with Crippen LogP contribution in [0.3, 0.4) is 0 Å². The van der Waals surface area contributed by atoms with E-state index in [4.69, 9.17) is 4.74 Å². The molecule has 0 aliphatic carbocycles. The zero-order valence-electron chi connectivity index (χ0n) is 12.4. The van der Waals surface area contributed by atoms with Crippen LogP contribution in [0.2, 0.25) is 0 Å². The Hall–Kier alpha value is -2.27. The van der Waals surface area contributed by atoms with Crippen molar-refractivity contribution in [1.29, 1.82) is 0 Å². The summed E-state index contributed by atoms with van der Waals surface area (Å²) < 4.78 is 7.09. The summed E-state index contributed by atoms with van der Waals surface area (Å²) in [6.07, 6.45) is 1.92. The number of nitrogens with zero attached hydrogens (tertiary/aromatic N) is 2. The molecule has 0 unspecified atom stereocenters. The van der Waals surface area contributed by atoms with Gasteiger partial charge in [0.15, 0.2) is 5.16 Å². The highest BCUT2D eigenvalue weighted by molar-refractivity contribution is 7.98. The van der Waals surface area contributed by atoms with Gasteiger partial charge in [-0.15, -0.1) is 0 Å². The van der Waals surface area contributed by atoms with Crippen LogP contribution in [0.4, 0.5) is 0 Å². The number of aromatic nitrogens is 2. The maximum atomic E-state index is 12.8. The van der Waals surface area contributed by atoms with Gasteiger partial charge in [0.1, 0.15) is 5.75 Å². The van der Waals surface area contributed by atoms with Crippen molar-refractivity contribution in [2.45, 2.75) is 12.1 Å². The first-order chi connectivity index (χ1) is 10.7. The maximum absolute atomic E-state index is 12.8. The number of hydrogen-bond donors (Lipinski definition) is 0. The second kappa shape index (κ2) is 6.23. The molecule has 0 atom stereocenters. The topological polar surface area (TPSA) is 44.1 Å². The Labute approximate surface area is 132 Å². The first-order valence-electron chi connectivity index (χ1n) is 7.03.